The molecule has 14 heteroatoms. The van der Waals surface area contributed by atoms with E-state index in [1.807, 2.05) is 0 Å². The van der Waals surface area contributed by atoms with Crippen molar-refractivity contribution in [2.75, 3.05) is 25.4 Å². The van der Waals surface area contributed by atoms with Gasteiger partial charge in [-0.25, -0.2) is 17.5 Å². The molecule has 3 saturated carbocycles. The summed E-state index contributed by atoms with van der Waals surface area (Å²) in [4.78, 5) is 70.2. The predicted octanol–water partition coefficient (Wildman–Crippen LogP) is 3.12. The standard InChI is InChI=1S/C37H60N6O7S/c1-36(2)26-23-43-30(29(26)36)32(45)39-27(31(44)33(46)38-25-17-18-25)15-9-6-4-3-5-7-10-16-28(34(43)47)40-35(48)41-37(19-11-8-12-20-37)24-51(49,50)42-21-13-14-22-42/h25-30H,3-24H2,1-2H3,(H,38,46)(H,39,45)(H2,40,41,48)/t26-,27+,28+,29-,30-/m0/s1. The lowest BCUT2D eigenvalue weighted by Crippen LogP contribution is -2.62. The Morgan fingerprint density at radius 1 is 0.804 bits per heavy atom. The highest BCUT2D eigenvalue weighted by Gasteiger charge is 2.69. The molecular formula is C37H60N6O7S. The van der Waals surface area contributed by atoms with Crippen LogP contribution in [0, 0.1) is 17.3 Å². The minimum Gasteiger partial charge on any atom is -0.347 e. The van der Waals surface area contributed by atoms with Gasteiger partial charge in [-0.15, -0.1) is 0 Å². The van der Waals surface area contributed by atoms with Gasteiger partial charge in [0.25, 0.3) is 5.91 Å². The van der Waals surface area contributed by atoms with Crippen LogP contribution in [-0.4, -0.2) is 102 Å². The molecule has 0 unspecified atom stereocenters. The zero-order chi connectivity index (χ0) is 36.4. The largest absolute Gasteiger partial charge is 0.347 e. The monoisotopic (exact) mass is 732 g/mol. The van der Waals surface area contributed by atoms with Crippen molar-refractivity contribution in [1.29, 1.82) is 0 Å². The van der Waals surface area contributed by atoms with E-state index in [4.69, 9.17) is 0 Å². The van der Waals surface area contributed by atoms with Crippen molar-refractivity contribution in [3.8, 4) is 0 Å². The number of nitrogens with zero attached hydrogens (tertiary/aromatic N) is 2. The number of fused-ring (bicyclic) bond motifs is 3. The SMILES string of the molecule is CC1(C)[C@@H]2[C@H]3C(=O)N[C@@H](C(=O)C(=O)NC4CC4)CCCCCCCCC[C@@H](NC(=O)NC4(CS(=O)(=O)N5CCCC5)CCCCC4)C(=O)N3C[C@@H]21. The Labute approximate surface area is 303 Å². The quantitative estimate of drug-likeness (QED) is 0.278. The van der Waals surface area contributed by atoms with Crippen LogP contribution in [0.1, 0.15) is 129 Å². The molecule has 4 N–H and O–H groups in total. The number of amides is 5. The minimum absolute atomic E-state index is 0.0171. The Balaban J connectivity index is 1.20. The number of Topliss-reactive ketones (excluding diaryl/α,β-unsaturated/α-hetero) is 1. The number of carbonyl (C=O) groups excluding carboxylic acids is 5. The molecule has 0 aromatic heterocycles. The van der Waals surface area contributed by atoms with Crippen molar-refractivity contribution >= 4 is 39.6 Å². The third-order valence-electron chi connectivity index (χ3n) is 12.7. The number of ketones is 1. The molecule has 0 bridgehead atoms. The van der Waals surface area contributed by atoms with Gasteiger partial charge in [-0.05, 0) is 68.6 Å². The molecule has 5 atom stereocenters. The van der Waals surface area contributed by atoms with Crippen molar-refractivity contribution in [1.82, 2.24) is 30.5 Å². The number of piperidine rings is 1. The number of hydrogen-bond donors (Lipinski definition) is 4. The molecule has 3 saturated heterocycles. The molecular weight excluding hydrogens is 673 g/mol. The van der Waals surface area contributed by atoms with Crippen LogP contribution < -0.4 is 21.3 Å². The predicted molar refractivity (Wildman–Crippen MR) is 192 cm³/mol. The van der Waals surface area contributed by atoms with E-state index in [1.54, 1.807) is 4.90 Å². The number of rotatable bonds is 8. The van der Waals surface area contributed by atoms with Crippen LogP contribution in [-0.2, 0) is 29.2 Å². The molecule has 3 aliphatic carbocycles. The first-order chi connectivity index (χ1) is 24.3. The van der Waals surface area contributed by atoms with Gasteiger partial charge in [0, 0.05) is 25.7 Å². The van der Waals surface area contributed by atoms with Crippen molar-refractivity contribution in [2.24, 2.45) is 17.3 Å². The van der Waals surface area contributed by atoms with E-state index in [1.165, 1.54) is 4.31 Å². The summed E-state index contributed by atoms with van der Waals surface area (Å²) in [6.45, 7) is 5.56. The highest BCUT2D eigenvalue weighted by molar-refractivity contribution is 7.89. The van der Waals surface area contributed by atoms with Crippen LogP contribution in [0.2, 0.25) is 0 Å². The maximum atomic E-state index is 14.5. The van der Waals surface area contributed by atoms with Crippen molar-refractivity contribution < 1.29 is 32.4 Å². The van der Waals surface area contributed by atoms with Crippen molar-refractivity contribution in [2.45, 2.75) is 159 Å². The highest BCUT2D eigenvalue weighted by atomic mass is 32.2. The van der Waals surface area contributed by atoms with Crippen LogP contribution >= 0.6 is 0 Å². The average Bonchev–Trinajstić information content (AvgIpc) is 3.76. The zero-order valence-electron chi connectivity index (χ0n) is 30.7. The van der Waals surface area contributed by atoms with E-state index in [2.05, 4.69) is 35.1 Å². The van der Waals surface area contributed by atoms with E-state index >= 15 is 0 Å². The third-order valence-corrected chi connectivity index (χ3v) is 14.8. The highest BCUT2D eigenvalue weighted by Crippen LogP contribution is 2.65. The van der Waals surface area contributed by atoms with Crippen LogP contribution in [0.3, 0.4) is 0 Å². The Bertz CT molecular complexity index is 1440. The molecule has 0 radical (unpaired) electrons. The molecule has 0 aromatic carbocycles. The Kier molecular flexibility index (Phi) is 11.7. The summed E-state index contributed by atoms with van der Waals surface area (Å²) in [6.07, 6.45) is 14.0. The molecule has 286 valence electrons. The van der Waals surface area contributed by atoms with E-state index in [9.17, 15) is 32.4 Å². The van der Waals surface area contributed by atoms with E-state index in [0.717, 1.165) is 83.5 Å². The Morgan fingerprint density at radius 3 is 2.06 bits per heavy atom. The summed E-state index contributed by atoms with van der Waals surface area (Å²) < 4.78 is 28.4. The molecule has 3 aliphatic heterocycles. The molecule has 5 amide bonds. The third kappa shape index (κ3) is 8.91. The van der Waals surface area contributed by atoms with Gasteiger partial charge in [0.2, 0.25) is 27.6 Å². The van der Waals surface area contributed by atoms with Gasteiger partial charge < -0.3 is 26.2 Å². The fourth-order valence-electron chi connectivity index (χ4n) is 9.40. The van der Waals surface area contributed by atoms with Crippen molar-refractivity contribution in [3.05, 3.63) is 0 Å². The van der Waals surface area contributed by atoms with Gasteiger partial charge in [-0.2, -0.15) is 0 Å². The van der Waals surface area contributed by atoms with Crippen LogP contribution in [0.4, 0.5) is 4.79 Å². The lowest BCUT2D eigenvalue weighted by molar-refractivity contribution is -0.144. The van der Waals surface area contributed by atoms with Gasteiger partial charge in [0.05, 0.1) is 17.3 Å². The van der Waals surface area contributed by atoms with Crippen molar-refractivity contribution in [3.63, 3.8) is 0 Å². The second kappa shape index (κ2) is 15.7. The summed E-state index contributed by atoms with van der Waals surface area (Å²) in [6, 6.07) is -3.23. The molecule has 0 spiro atoms. The minimum atomic E-state index is -3.57. The molecule has 3 heterocycles. The summed E-state index contributed by atoms with van der Waals surface area (Å²) in [7, 11) is -3.57. The number of hydrogen-bond acceptors (Lipinski definition) is 7. The maximum Gasteiger partial charge on any atom is 0.315 e. The first kappa shape index (κ1) is 38.0. The van der Waals surface area contributed by atoms with Gasteiger partial charge in [0.15, 0.2) is 0 Å². The van der Waals surface area contributed by atoms with Gasteiger partial charge in [0.1, 0.15) is 12.1 Å². The van der Waals surface area contributed by atoms with E-state index in [-0.39, 0.29) is 35.0 Å². The zero-order valence-corrected chi connectivity index (χ0v) is 31.5. The first-order valence-corrected chi connectivity index (χ1v) is 21.4. The second-order valence-electron chi connectivity index (χ2n) is 17.0. The summed E-state index contributed by atoms with van der Waals surface area (Å²) in [5.41, 5.74) is -1.09. The molecule has 6 rings (SSSR count). The summed E-state index contributed by atoms with van der Waals surface area (Å²) in [5.74, 6) is -2.23. The van der Waals surface area contributed by atoms with Gasteiger partial charge in [-0.3, -0.25) is 19.2 Å². The molecule has 0 aromatic rings. The fourth-order valence-corrected chi connectivity index (χ4v) is 11.5. The number of carbonyl (C=O) groups is 5. The number of nitrogens with one attached hydrogen (secondary N) is 4. The van der Waals surface area contributed by atoms with Crippen LogP contribution in [0.15, 0.2) is 0 Å². The molecule has 6 fully saturated rings. The fraction of sp³-hybridized carbons (Fsp3) is 0.865. The first-order valence-electron chi connectivity index (χ1n) is 19.8. The van der Waals surface area contributed by atoms with Crippen LogP contribution in [0.5, 0.6) is 0 Å². The molecule has 13 nitrogen and oxygen atoms in total. The number of sulfonamides is 1. The maximum absolute atomic E-state index is 14.5. The topological polar surface area (TPSA) is 174 Å². The smallest absolute Gasteiger partial charge is 0.315 e. The second-order valence-corrected chi connectivity index (χ2v) is 18.9. The lowest BCUT2D eigenvalue weighted by atomic mass is 9.83. The number of urea groups is 1. The Hall–Kier alpha value is -2.74. The Morgan fingerprint density at radius 2 is 1.41 bits per heavy atom. The molecule has 51 heavy (non-hydrogen) atoms. The average molecular weight is 733 g/mol. The van der Waals surface area contributed by atoms with Crippen LogP contribution in [0.25, 0.3) is 0 Å². The van der Waals surface area contributed by atoms with E-state index in [0.29, 0.717) is 51.7 Å². The summed E-state index contributed by atoms with van der Waals surface area (Å²) >= 11 is 0. The van der Waals surface area contributed by atoms with Gasteiger partial charge in [-0.1, -0.05) is 78.1 Å². The van der Waals surface area contributed by atoms with E-state index < -0.39 is 57.3 Å². The molecule has 6 aliphatic rings. The lowest BCUT2D eigenvalue weighted by Gasteiger charge is -2.39. The summed E-state index contributed by atoms with van der Waals surface area (Å²) in [5, 5.41) is 11.7. The normalized spacial score (nSPS) is 31.9. The van der Waals surface area contributed by atoms with Gasteiger partial charge >= 0.3 is 6.03 Å².